The SMILES string of the molecule is CCC(CN)CC(=O)N1CCCC(C(C)(C)C(=O)O)C1. The van der Waals surface area contributed by atoms with E-state index in [0.717, 1.165) is 25.8 Å². The molecule has 0 aromatic carbocycles. The van der Waals surface area contributed by atoms with Crippen molar-refractivity contribution in [3.05, 3.63) is 0 Å². The highest BCUT2D eigenvalue weighted by molar-refractivity contribution is 5.77. The first-order valence-electron chi connectivity index (χ1n) is 7.54. The van der Waals surface area contributed by atoms with Crippen LogP contribution in [0, 0.1) is 17.3 Å². The highest BCUT2D eigenvalue weighted by atomic mass is 16.4. The molecule has 1 fully saturated rings. The highest BCUT2D eigenvalue weighted by Gasteiger charge is 2.40. The quantitative estimate of drug-likeness (QED) is 0.777. The molecule has 0 spiro atoms. The number of hydrogen-bond donors (Lipinski definition) is 2. The lowest BCUT2D eigenvalue weighted by atomic mass is 9.74. The number of aliphatic carboxylic acids is 1. The summed E-state index contributed by atoms with van der Waals surface area (Å²) in [5.74, 6) is -0.413. The van der Waals surface area contributed by atoms with Crippen LogP contribution < -0.4 is 5.73 Å². The Labute approximate surface area is 121 Å². The maximum Gasteiger partial charge on any atom is 0.309 e. The van der Waals surface area contributed by atoms with E-state index in [1.54, 1.807) is 13.8 Å². The molecule has 0 saturated carbocycles. The van der Waals surface area contributed by atoms with Gasteiger partial charge in [0.25, 0.3) is 0 Å². The Morgan fingerprint density at radius 3 is 2.60 bits per heavy atom. The summed E-state index contributed by atoms with van der Waals surface area (Å²) >= 11 is 0. The summed E-state index contributed by atoms with van der Waals surface area (Å²) in [6, 6.07) is 0. The van der Waals surface area contributed by atoms with Crippen molar-refractivity contribution >= 4 is 11.9 Å². The van der Waals surface area contributed by atoms with Gasteiger partial charge < -0.3 is 15.7 Å². The first-order valence-corrected chi connectivity index (χ1v) is 7.54. The lowest BCUT2D eigenvalue weighted by molar-refractivity contribution is -0.153. The first kappa shape index (κ1) is 17.0. The van der Waals surface area contributed by atoms with Crippen LogP contribution in [0.15, 0.2) is 0 Å². The predicted octanol–water partition coefficient (Wildman–Crippen LogP) is 1.71. The fourth-order valence-electron chi connectivity index (χ4n) is 2.74. The summed E-state index contributed by atoms with van der Waals surface area (Å²) in [5, 5.41) is 9.32. The van der Waals surface area contributed by atoms with Crippen molar-refractivity contribution < 1.29 is 14.7 Å². The van der Waals surface area contributed by atoms with E-state index in [4.69, 9.17) is 5.73 Å². The van der Waals surface area contributed by atoms with Gasteiger partial charge in [-0.05, 0) is 45.1 Å². The molecule has 5 nitrogen and oxygen atoms in total. The molecule has 1 saturated heterocycles. The topological polar surface area (TPSA) is 83.6 Å². The number of carboxylic acids is 1. The van der Waals surface area contributed by atoms with Crippen LogP contribution in [0.25, 0.3) is 0 Å². The molecule has 0 bridgehead atoms. The van der Waals surface area contributed by atoms with Crippen LogP contribution >= 0.6 is 0 Å². The van der Waals surface area contributed by atoms with Crippen LogP contribution in [0.5, 0.6) is 0 Å². The maximum atomic E-state index is 12.3. The van der Waals surface area contributed by atoms with Gasteiger partial charge in [0, 0.05) is 19.5 Å². The van der Waals surface area contributed by atoms with Crippen molar-refractivity contribution in [3.63, 3.8) is 0 Å². The van der Waals surface area contributed by atoms with Crippen molar-refractivity contribution in [2.24, 2.45) is 23.0 Å². The average molecular weight is 284 g/mol. The molecule has 20 heavy (non-hydrogen) atoms. The molecule has 0 aromatic rings. The minimum absolute atomic E-state index is 0.0238. The summed E-state index contributed by atoms with van der Waals surface area (Å²) in [4.78, 5) is 25.5. The molecule has 1 amide bonds. The lowest BCUT2D eigenvalue weighted by Crippen LogP contribution is -2.47. The average Bonchev–Trinajstić information content (AvgIpc) is 2.44. The van der Waals surface area contributed by atoms with E-state index in [2.05, 4.69) is 0 Å². The standard InChI is InChI=1S/C15H28N2O3/c1-4-11(9-16)8-13(18)17-7-5-6-12(10-17)15(2,3)14(19)20/h11-12H,4-10,16H2,1-3H3,(H,19,20). The molecule has 2 unspecified atom stereocenters. The minimum Gasteiger partial charge on any atom is -0.481 e. The van der Waals surface area contributed by atoms with Gasteiger partial charge in [-0.1, -0.05) is 13.3 Å². The molecule has 2 atom stereocenters. The number of carbonyl (C=O) groups excluding carboxylic acids is 1. The second-order valence-electron chi connectivity index (χ2n) is 6.42. The summed E-state index contributed by atoms with van der Waals surface area (Å²) < 4.78 is 0. The second-order valence-corrected chi connectivity index (χ2v) is 6.42. The Morgan fingerprint density at radius 1 is 1.45 bits per heavy atom. The molecule has 116 valence electrons. The summed E-state index contributed by atoms with van der Waals surface area (Å²) in [7, 11) is 0. The largest absolute Gasteiger partial charge is 0.481 e. The van der Waals surface area contributed by atoms with E-state index in [1.165, 1.54) is 0 Å². The minimum atomic E-state index is -0.787. The van der Waals surface area contributed by atoms with E-state index in [9.17, 15) is 14.7 Å². The van der Waals surface area contributed by atoms with E-state index in [-0.39, 0.29) is 17.7 Å². The monoisotopic (exact) mass is 284 g/mol. The summed E-state index contributed by atoms with van der Waals surface area (Å²) in [5.41, 5.74) is 4.87. The molecular formula is C15H28N2O3. The summed E-state index contributed by atoms with van der Waals surface area (Å²) in [6.07, 6.45) is 3.14. The molecule has 1 rings (SSSR count). The van der Waals surface area contributed by atoms with Crippen molar-refractivity contribution in [2.45, 2.75) is 46.5 Å². The third-order valence-electron chi connectivity index (χ3n) is 4.72. The lowest BCUT2D eigenvalue weighted by Gasteiger charge is -2.39. The number of carboxylic acid groups (broad SMARTS) is 1. The molecule has 1 aliphatic heterocycles. The zero-order chi connectivity index (χ0) is 15.3. The number of carbonyl (C=O) groups is 2. The van der Waals surface area contributed by atoms with Gasteiger partial charge in [-0.15, -0.1) is 0 Å². The van der Waals surface area contributed by atoms with Crippen LogP contribution in [-0.4, -0.2) is 41.5 Å². The Bertz CT molecular complexity index is 351. The molecule has 0 aromatic heterocycles. The Kier molecular flexibility index (Phi) is 5.99. The van der Waals surface area contributed by atoms with Gasteiger partial charge in [-0.25, -0.2) is 0 Å². The molecule has 0 aliphatic carbocycles. The van der Waals surface area contributed by atoms with Gasteiger partial charge >= 0.3 is 5.97 Å². The van der Waals surface area contributed by atoms with Crippen LogP contribution in [-0.2, 0) is 9.59 Å². The van der Waals surface area contributed by atoms with E-state index in [1.807, 2.05) is 11.8 Å². The first-order chi connectivity index (χ1) is 9.32. The number of amides is 1. The van der Waals surface area contributed by atoms with Gasteiger partial charge in [0.2, 0.25) is 5.91 Å². The van der Waals surface area contributed by atoms with Gasteiger partial charge in [-0.3, -0.25) is 9.59 Å². The fraction of sp³-hybridized carbons (Fsp3) is 0.867. The third kappa shape index (κ3) is 3.95. The van der Waals surface area contributed by atoms with Gasteiger partial charge in [-0.2, -0.15) is 0 Å². The van der Waals surface area contributed by atoms with E-state index < -0.39 is 11.4 Å². The van der Waals surface area contributed by atoms with E-state index >= 15 is 0 Å². The molecule has 0 radical (unpaired) electrons. The normalized spacial score (nSPS) is 21.6. The summed E-state index contributed by atoms with van der Waals surface area (Å²) in [6.45, 7) is 7.37. The van der Waals surface area contributed by atoms with Crippen LogP contribution in [0.3, 0.4) is 0 Å². The second kappa shape index (κ2) is 7.07. The Morgan fingerprint density at radius 2 is 2.10 bits per heavy atom. The number of piperidine rings is 1. The smallest absolute Gasteiger partial charge is 0.309 e. The van der Waals surface area contributed by atoms with E-state index in [0.29, 0.717) is 19.5 Å². The molecule has 5 heteroatoms. The number of likely N-dealkylation sites (tertiary alicyclic amines) is 1. The van der Waals surface area contributed by atoms with Gasteiger partial charge in [0.1, 0.15) is 0 Å². The molecule has 1 heterocycles. The van der Waals surface area contributed by atoms with Crippen LogP contribution in [0.1, 0.15) is 46.5 Å². The zero-order valence-corrected chi connectivity index (χ0v) is 12.9. The molecule has 3 N–H and O–H groups in total. The van der Waals surface area contributed by atoms with Gasteiger partial charge in [0.05, 0.1) is 5.41 Å². The molecule has 1 aliphatic rings. The maximum absolute atomic E-state index is 12.3. The number of nitrogens with zero attached hydrogens (tertiary/aromatic N) is 1. The molecular weight excluding hydrogens is 256 g/mol. The van der Waals surface area contributed by atoms with Crippen molar-refractivity contribution in [1.82, 2.24) is 4.90 Å². The van der Waals surface area contributed by atoms with Crippen LogP contribution in [0.2, 0.25) is 0 Å². The van der Waals surface area contributed by atoms with Crippen molar-refractivity contribution in [2.75, 3.05) is 19.6 Å². The number of nitrogens with two attached hydrogens (primary N) is 1. The van der Waals surface area contributed by atoms with Crippen LogP contribution in [0.4, 0.5) is 0 Å². The zero-order valence-electron chi connectivity index (χ0n) is 12.9. The number of hydrogen-bond acceptors (Lipinski definition) is 3. The Hall–Kier alpha value is -1.10. The van der Waals surface area contributed by atoms with Gasteiger partial charge in [0.15, 0.2) is 0 Å². The third-order valence-corrected chi connectivity index (χ3v) is 4.72. The Balaban J connectivity index is 2.65. The predicted molar refractivity (Wildman–Crippen MR) is 78.2 cm³/mol. The highest BCUT2D eigenvalue weighted by Crippen LogP contribution is 2.34. The van der Waals surface area contributed by atoms with Crippen molar-refractivity contribution in [3.8, 4) is 0 Å². The van der Waals surface area contributed by atoms with Crippen molar-refractivity contribution in [1.29, 1.82) is 0 Å². The fourth-order valence-corrected chi connectivity index (χ4v) is 2.74. The number of rotatable bonds is 6.